The normalized spacial score (nSPS) is 14.1. The summed E-state index contributed by atoms with van der Waals surface area (Å²) in [5.41, 5.74) is 15.6. The maximum Gasteiger partial charge on any atom is 0.161 e. The van der Waals surface area contributed by atoms with Gasteiger partial charge in [0.2, 0.25) is 0 Å². The number of benzene rings is 6. The number of hydrogen-bond acceptors (Lipinski definition) is 3. The van der Waals surface area contributed by atoms with Crippen molar-refractivity contribution in [3.05, 3.63) is 168 Å². The van der Waals surface area contributed by atoms with Crippen LogP contribution in [0.4, 0.5) is 0 Å². The lowest BCUT2D eigenvalue weighted by atomic mass is 9.67. The van der Waals surface area contributed by atoms with E-state index in [1.165, 1.54) is 58.2 Å². The molecule has 0 unspecified atom stereocenters. The van der Waals surface area contributed by atoms with E-state index in [-0.39, 0.29) is 5.41 Å². The lowest BCUT2D eigenvalue weighted by Gasteiger charge is -2.36. The molecule has 0 amide bonds. The molecule has 1 saturated carbocycles. The molecule has 2 aliphatic rings. The zero-order chi connectivity index (χ0) is 33.5. The van der Waals surface area contributed by atoms with Crippen LogP contribution in [0, 0.1) is 11.3 Å². The number of aromatic nitrogens is 2. The Bertz CT molecular complexity index is 2400. The van der Waals surface area contributed by atoms with Crippen LogP contribution < -0.4 is 0 Å². The van der Waals surface area contributed by atoms with Crippen molar-refractivity contribution in [1.82, 2.24) is 9.97 Å². The van der Waals surface area contributed by atoms with Gasteiger partial charge in [0, 0.05) is 22.1 Å². The Hall–Kier alpha value is -6.11. The Balaban J connectivity index is 1.18. The van der Waals surface area contributed by atoms with Gasteiger partial charge in [-0.05, 0) is 81.6 Å². The molecule has 3 heteroatoms. The molecule has 1 spiro atoms. The van der Waals surface area contributed by atoms with Gasteiger partial charge in [-0.1, -0.05) is 147 Å². The van der Waals surface area contributed by atoms with Crippen LogP contribution in [0.3, 0.4) is 0 Å². The molecule has 0 radical (unpaired) electrons. The second-order valence-electron chi connectivity index (χ2n) is 13.6. The molecule has 1 heterocycles. The predicted molar refractivity (Wildman–Crippen MR) is 203 cm³/mol. The fourth-order valence-electron chi connectivity index (χ4n) is 8.29. The third-order valence-corrected chi connectivity index (χ3v) is 10.8. The van der Waals surface area contributed by atoms with Gasteiger partial charge in [0.15, 0.2) is 5.82 Å². The predicted octanol–water partition coefficient (Wildman–Crippen LogP) is 11.9. The average molecular weight is 642 g/mol. The van der Waals surface area contributed by atoms with E-state index in [0.29, 0.717) is 5.82 Å². The molecule has 3 nitrogen and oxygen atoms in total. The van der Waals surface area contributed by atoms with E-state index >= 15 is 0 Å². The summed E-state index contributed by atoms with van der Waals surface area (Å²) in [7, 11) is 0. The first-order valence-electron chi connectivity index (χ1n) is 17.6. The average Bonchev–Trinajstić information content (AvgIpc) is 3.45. The van der Waals surface area contributed by atoms with E-state index < -0.39 is 0 Å². The second kappa shape index (κ2) is 12.4. The zero-order valence-electron chi connectivity index (χ0n) is 27.8. The van der Waals surface area contributed by atoms with E-state index in [0.717, 1.165) is 52.0 Å². The van der Waals surface area contributed by atoms with Crippen LogP contribution in [-0.2, 0) is 5.41 Å². The third-order valence-electron chi connectivity index (χ3n) is 10.8. The van der Waals surface area contributed by atoms with Crippen LogP contribution in [0.2, 0.25) is 0 Å². The number of nitrogens with zero attached hydrogens (tertiary/aromatic N) is 3. The first-order valence-corrected chi connectivity index (χ1v) is 17.6. The van der Waals surface area contributed by atoms with E-state index in [4.69, 9.17) is 9.97 Å². The van der Waals surface area contributed by atoms with Gasteiger partial charge in [0.25, 0.3) is 0 Å². The Kier molecular flexibility index (Phi) is 7.44. The summed E-state index contributed by atoms with van der Waals surface area (Å²) in [4.78, 5) is 10.5. The zero-order valence-corrected chi connectivity index (χ0v) is 27.8. The molecular weight excluding hydrogens is 607 g/mol. The first-order chi connectivity index (χ1) is 24.7. The van der Waals surface area contributed by atoms with Gasteiger partial charge < -0.3 is 0 Å². The Morgan fingerprint density at radius 1 is 0.440 bits per heavy atom. The molecule has 0 N–H and O–H groups in total. The lowest BCUT2D eigenvalue weighted by Crippen LogP contribution is -2.28. The van der Waals surface area contributed by atoms with Crippen molar-refractivity contribution in [1.29, 1.82) is 5.26 Å². The summed E-state index contributed by atoms with van der Waals surface area (Å²) < 4.78 is 0. The number of nitriles is 1. The van der Waals surface area contributed by atoms with Gasteiger partial charge >= 0.3 is 0 Å². The fraction of sp³-hybridized carbons (Fsp3) is 0.128. The molecule has 1 fully saturated rings. The molecule has 6 aromatic carbocycles. The van der Waals surface area contributed by atoms with E-state index in [2.05, 4.69) is 140 Å². The highest BCUT2D eigenvalue weighted by Crippen LogP contribution is 2.56. The summed E-state index contributed by atoms with van der Waals surface area (Å²) >= 11 is 0. The first kappa shape index (κ1) is 30.0. The van der Waals surface area contributed by atoms with Gasteiger partial charge in [0.1, 0.15) is 0 Å². The van der Waals surface area contributed by atoms with E-state index in [9.17, 15) is 5.26 Å². The third kappa shape index (κ3) is 5.13. The Morgan fingerprint density at radius 3 is 1.64 bits per heavy atom. The van der Waals surface area contributed by atoms with Crippen LogP contribution in [0.5, 0.6) is 0 Å². The molecule has 50 heavy (non-hydrogen) atoms. The van der Waals surface area contributed by atoms with Crippen molar-refractivity contribution in [2.75, 3.05) is 0 Å². The van der Waals surface area contributed by atoms with Crippen LogP contribution >= 0.6 is 0 Å². The minimum atomic E-state index is -0.0520. The standard InChI is InChI=1S/C47H35N3/c48-31-32-18-24-39-40-25-23-37(29-43(40)47(42(39)28-32)26-10-3-11-27-47)38-16-8-9-17-41(38)46-49-44(35-14-6-2-7-15-35)30-45(50-46)36-21-19-34(20-22-36)33-12-4-1-5-13-33/h1-2,4-9,12-25,28-30H,3,10-11,26-27H2. The van der Waals surface area contributed by atoms with Crippen LogP contribution in [0.15, 0.2) is 152 Å². The number of fused-ring (bicyclic) bond motifs is 5. The topological polar surface area (TPSA) is 49.6 Å². The van der Waals surface area contributed by atoms with Crippen molar-refractivity contribution >= 4 is 0 Å². The van der Waals surface area contributed by atoms with Crippen molar-refractivity contribution in [3.63, 3.8) is 0 Å². The molecule has 1 aromatic heterocycles. The molecule has 238 valence electrons. The van der Waals surface area contributed by atoms with Crippen LogP contribution in [0.1, 0.15) is 48.8 Å². The second-order valence-corrected chi connectivity index (χ2v) is 13.6. The van der Waals surface area contributed by atoms with Gasteiger partial charge in [-0.25, -0.2) is 9.97 Å². The highest BCUT2D eigenvalue weighted by molar-refractivity contribution is 5.88. The van der Waals surface area contributed by atoms with Gasteiger partial charge in [-0.2, -0.15) is 5.26 Å². The molecule has 0 saturated heterocycles. The smallest absolute Gasteiger partial charge is 0.161 e. The van der Waals surface area contributed by atoms with E-state index in [1.807, 2.05) is 18.2 Å². The Labute approximate surface area is 293 Å². The molecule has 0 aliphatic heterocycles. The van der Waals surface area contributed by atoms with Crippen molar-refractivity contribution < 1.29 is 0 Å². The van der Waals surface area contributed by atoms with Crippen molar-refractivity contribution in [3.8, 4) is 73.4 Å². The SMILES string of the molecule is N#Cc1ccc2c(c1)C1(CCCCC1)c1cc(-c3ccccc3-c3nc(-c4ccccc4)cc(-c4ccc(-c5ccccc5)cc4)n3)ccc1-2. The molecule has 9 rings (SSSR count). The quantitative estimate of drug-likeness (QED) is 0.188. The van der Waals surface area contributed by atoms with Crippen molar-refractivity contribution in [2.24, 2.45) is 0 Å². The van der Waals surface area contributed by atoms with Crippen LogP contribution in [-0.4, -0.2) is 9.97 Å². The summed E-state index contributed by atoms with van der Waals surface area (Å²) in [6, 6.07) is 55.8. The minimum Gasteiger partial charge on any atom is -0.228 e. The number of hydrogen-bond donors (Lipinski definition) is 0. The highest BCUT2D eigenvalue weighted by atomic mass is 14.9. The Morgan fingerprint density at radius 2 is 0.960 bits per heavy atom. The molecule has 0 bridgehead atoms. The monoisotopic (exact) mass is 641 g/mol. The van der Waals surface area contributed by atoms with Gasteiger partial charge in [0.05, 0.1) is 23.0 Å². The molecular formula is C47H35N3. The summed E-state index contributed by atoms with van der Waals surface area (Å²) in [5, 5.41) is 9.79. The van der Waals surface area contributed by atoms with Gasteiger partial charge in [-0.15, -0.1) is 0 Å². The largest absolute Gasteiger partial charge is 0.228 e. The highest BCUT2D eigenvalue weighted by Gasteiger charge is 2.44. The maximum atomic E-state index is 9.79. The van der Waals surface area contributed by atoms with Gasteiger partial charge in [-0.3, -0.25) is 0 Å². The summed E-state index contributed by atoms with van der Waals surface area (Å²) in [6.45, 7) is 0. The molecule has 2 aliphatic carbocycles. The number of rotatable bonds is 5. The van der Waals surface area contributed by atoms with Crippen molar-refractivity contribution in [2.45, 2.75) is 37.5 Å². The summed E-state index contributed by atoms with van der Waals surface area (Å²) in [5.74, 6) is 0.707. The molecule has 7 aromatic rings. The van der Waals surface area contributed by atoms with E-state index in [1.54, 1.807) is 0 Å². The fourth-order valence-corrected chi connectivity index (χ4v) is 8.29. The van der Waals surface area contributed by atoms with Crippen LogP contribution in [0.25, 0.3) is 67.3 Å². The molecule has 0 atom stereocenters. The lowest BCUT2D eigenvalue weighted by molar-refractivity contribution is 0.353. The summed E-state index contributed by atoms with van der Waals surface area (Å²) in [6.07, 6.45) is 5.89. The minimum absolute atomic E-state index is 0.0520. The maximum absolute atomic E-state index is 9.79.